The van der Waals surface area contributed by atoms with Gasteiger partial charge in [-0.3, -0.25) is 9.36 Å². The van der Waals surface area contributed by atoms with Gasteiger partial charge in [0.25, 0.3) is 0 Å². The first-order valence-electron chi connectivity index (χ1n) is 4.64. The molecule has 6 nitrogen and oxygen atoms in total. The Morgan fingerprint density at radius 1 is 1.62 bits per heavy atom. The van der Waals surface area contributed by atoms with Crippen molar-refractivity contribution in [2.75, 3.05) is 12.8 Å². The Labute approximate surface area is 91.3 Å². The van der Waals surface area contributed by atoms with E-state index in [2.05, 4.69) is 4.98 Å². The molecule has 84 valence electrons. The van der Waals surface area contributed by atoms with Gasteiger partial charge in [-0.15, -0.1) is 0 Å². The molecule has 3 N–H and O–H groups in total. The highest BCUT2D eigenvalue weighted by Crippen LogP contribution is 2.26. The van der Waals surface area contributed by atoms with Gasteiger partial charge < -0.3 is 15.6 Å². The number of nitrogens with zero attached hydrogens (tertiary/aromatic N) is 2. The molecule has 2 rings (SSSR count). The molecule has 0 saturated carbocycles. The number of ether oxygens (including phenoxy) is 1. The highest BCUT2D eigenvalue weighted by atomic mass is 16.5. The maximum absolute atomic E-state index is 10.7. The third kappa shape index (κ3) is 1.54. The summed E-state index contributed by atoms with van der Waals surface area (Å²) >= 11 is 0. The van der Waals surface area contributed by atoms with Crippen molar-refractivity contribution >= 4 is 23.0 Å². The number of carboxylic acid groups (broad SMARTS) is 1. The fourth-order valence-corrected chi connectivity index (χ4v) is 1.61. The number of aliphatic carboxylic acids is 1. The summed E-state index contributed by atoms with van der Waals surface area (Å²) in [6.45, 7) is -0.213. The van der Waals surface area contributed by atoms with Gasteiger partial charge in [0.05, 0.1) is 12.6 Å². The van der Waals surface area contributed by atoms with Crippen molar-refractivity contribution in [3.63, 3.8) is 0 Å². The van der Waals surface area contributed by atoms with Crippen LogP contribution in [0.25, 0.3) is 11.0 Å². The lowest BCUT2D eigenvalue weighted by atomic mass is 10.3. The molecule has 0 aliphatic rings. The van der Waals surface area contributed by atoms with E-state index in [4.69, 9.17) is 15.6 Å². The van der Waals surface area contributed by atoms with E-state index in [-0.39, 0.29) is 12.5 Å². The zero-order chi connectivity index (χ0) is 11.7. The maximum atomic E-state index is 10.7. The maximum Gasteiger partial charge on any atom is 0.323 e. The van der Waals surface area contributed by atoms with Crippen molar-refractivity contribution in [3.8, 4) is 5.75 Å². The van der Waals surface area contributed by atoms with Crippen molar-refractivity contribution in [1.82, 2.24) is 9.55 Å². The van der Waals surface area contributed by atoms with E-state index in [0.29, 0.717) is 16.8 Å². The number of hydrogen-bond acceptors (Lipinski definition) is 4. The number of para-hydroxylation sites is 1. The van der Waals surface area contributed by atoms with Crippen LogP contribution in [-0.4, -0.2) is 27.7 Å². The molecule has 1 aromatic heterocycles. The van der Waals surface area contributed by atoms with E-state index < -0.39 is 5.97 Å². The lowest BCUT2D eigenvalue weighted by Gasteiger charge is -2.03. The van der Waals surface area contributed by atoms with E-state index in [1.807, 2.05) is 0 Å². The number of methoxy groups -OCH3 is 1. The zero-order valence-corrected chi connectivity index (χ0v) is 8.67. The second-order valence-electron chi connectivity index (χ2n) is 3.28. The van der Waals surface area contributed by atoms with Crippen molar-refractivity contribution in [3.05, 3.63) is 18.2 Å². The average Bonchev–Trinajstić information content (AvgIpc) is 2.55. The number of imidazole rings is 1. The molecule has 0 aliphatic heterocycles. The molecular formula is C10H11N3O3. The lowest BCUT2D eigenvalue weighted by molar-refractivity contribution is -0.137. The van der Waals surface area contributed by atoms with Gasteiger partial charge in [0.1, 0.15) is 17.8 Å². The first kappa shape index (κ1) is 10.3. The van der Waals surface area contributed by atoms with Gasteiger partial charge in [0, 0.05) is 0 Å². The van der Waals surface area contributed by atoms with Crippen molar-refractivity contribution in [2.45, 2.75) is 6.54 Å². The van der Waals surface area contributed by atoms with E-state index in [0.717, 1.165) is 0 Å². The van der Waals surface area contributed by atoms with Crippen molar-refractivity contribution < 1.29 is 14.6 Å². The summed E-state index contributed by atoms with van der Waals surface area (Å²) in [5.41, 5.74) is 6.88. The molecule has 0 fully saturated rings. The number of benzene rings is 1. The monoisotopic (exact) mass is 221 g/mol. The molecule has 0 bridgehead atoms. The van der Waals surface area contributed by atoms with Gasteiger partial charge in [-0.1, -0.05) is 6.07 Å². The van der Waals surface area contributed by atoms with Crippen LogP contribution in [0.2, 0.25) is 0 Å². The van der Waals surface area contributed by atoms with Gasteiger partial charge in [-0.2, -0.15) is 0 Å². The Kier molecular flexibility index (Phi) is 2.40. The number of carbonyl (C=O) groups is 1. The minimum absolute atomic E-state index is 0.168. The smallest absolute Gasteiger partial charge is 0.323 e. The molecule has 6 heteroatoms. The third-order valence-electron chi connectivity index (χ3n) is 2.28. The van der Waals surface area contributed by atoms with Gasteiger partial charge in [-0.25, -0.2) is 4.98 Å². The molecular weight excluding hydrogens is 210 g/mol. The normalized spacial score (nSPS) is 10.6. The summed E-state index contributed by atoms with van der Waals surface area (Å²) in [6, 6.07) is 5.27. The molecule has 0 atom stereocenters. The zero-order valence-electron chi connectivity index (χ0n) is 8.67. The standard InChI is InChI=1S/C10H11N3O3/c1-16-7-4-2-3-6-9(7)12-10(11)13(6)5-8(14)15/h2-4H,5H2,1H3,(H2,11,12)(H,14,15). The summed E-state index contributed by atoms with van der Waals surface area (Å²) in [7, 11) is 1.53. The summed E-state index contributed by atoms with van der Waals surface area (Å²) in [4.78, 5) is 14.8. The number of aromatic nitrogens is 2. The second kappa shape index (κ2) is 3.73. The van der Waals surface area contributed by atoms with Crippen LogP contribution in [0.15, 0.2) is 18.2 Å². The highest BCUT2D eigenvalue weighted by Gasteiger charge is 2.13. The Hall–Kier alpha value is -2.24. The number of anilines is 1. The topological polar surface area (TPSA) is 90.4 Å². The first-order valence-corrected chi connectivity index (χ1v) is 4.64. The van der Waals surface area contributed by atoms with E-state index >= 15 is 0 Å². The number of nitrogens with two attached hydrogens (primary N) is 1. The Morgan fingerprint density at radius 3 is 3.00 bits per heavy atom. The average molecular weight is 221 g/mol. The first-order chi connectivity index (χ1) is 7.63. The van der Waals surface area contributed by atoms with Crippen LogP contribution in [0.5, 0.6) is 5.75 Å². The molecule has 0 radical (unpaired) electrons. The minimum atomic E-state index is -0.964. The summed E-state index contributed by atoms with van der Waals surface area (Å²) in [6.07, 6.45) is 0. The molecule has 16 heavy (non-hydrogen) atoms. The molecule has 0 amide bonds. The van der Waals surface area contributed by atoms with Crippen LogP contribution in [0.4, 0.5) is 5.95 Å². The SMILES string of the molecule is COc1cccc2c1nc(N)n2CC(=O)O. The largest absolute Gasteiger partial charge is 0.494 e. The van der Waals surface area contributed by atoms with Gasteiger partial charge >= 0.3 is 5.97 Å². The fourth-order valence-electron chi connectivity index (χ4n) is 1.61. The van der Waals surface area contributed by atoms with Gasteiger partial charge in [-0.05, 0) is 12.1 Å². The molecule has 1 heterocycles. The Morgan fingerprint density at radius 2 is 2.38 bits per heavy atom. The second-order valence-corrected chi connectivity index (χ2v) is 3.28. The summed E-state index contributed by atoms with van der Waals surface area (Å²) in [5.74, 6) is -0.218. The summed E-state index contributed by atoms with van der Waals surface area (Å²) < 4.78 is 6.55. The van der Waals surface area contributed by atoms with Gasteiger partial charge in [0.2, 0.25) is 5.95 Å². The highest BCUT2D eigenvalue weighted by molar-refractivity contribution is 5.85. The molecule has 0 saturated heterocycles. The minimum Gasteiger partial charge on any atom is -0.494 e. The predicted octanol–water partition coefficient (Wildman–Crippen LogP) is 0.712. The summed E-state index contributed by atoms with van der Waals surface area (Å²) in [5, 5.41) is 8.76. The van der Waals surface area contributed by atoms with Crippen LogP contribution in [-0.2, 0) is 11.3 Å². The molecule has 0 unspecified atom stereocenters. The number of carboxylic acids is 1. The predicted molar refractivity (Wildman–Crippen MR) is 58.3 cm³/mol. The Balaban J connectivity index is 2.66. The quantitative estimate of drug-likeness (QED) is 0.796. The lowest BCUT2D eigenvalue weighted by Crippen LogP contribution is -2.11. The van der Waals surface area contributed by atoms with Crippen LogP contribution in [0.3, 0.4) is 0 Å². The Bertz CT molecular complexity index is 547. The fraction of sp³-hybridized carbons (Fsp3) is 0.200. The van der Waals surface area contributed by atoms with Crippen LogP contribution < -0.4 is 10.5 Å². The van der Waals surface area contributed by atoms with Crippen LogP contribution in [0, 0.1) is 0 Å². The number of rotatable bonds is 3. The van der Waals surface area contributed by atoms with E-state index in [1.54, 1.807) is 18.2 Å². The van der Waals surface area contributed by atoms with Crippen molar-refractivity contribution in [2.24, 2.45) is 0 Å². The third-order valence-corrected chi connectivity index (χ3v) is 2.28. The van der Waals surface area contributed by atoms with Crippen molar-refractivity contribution in [1.29, 1.82) is 0 Å². The molecule has 0 spiro atoms. The molecule has 0 aliphatic carbocycles. The van der Waals surface area contributed by atoms with E-state index in [9.17, 15) is 4.79 Å². The number of fused-ring (bicyclic) bond motifs is 1. The molecule has 1 aromatic carbocycles. The van der Waals surface area contributed by atoms with Crippen LogP contribution >= 0.6 is 0 Å². The van der Waals surface area contributed by atoms with E-state index in [1.165, 1.54) is 11.7 Å². The molecule has 2 aromatic rings. The number of nitrogen functional groups attached to an aromatic ring is 1. The van der Waals surface area contributed by atoms with Crippen LogP contribution in [0.1, 0.15) is 0 Å². The van der Waals surface area contributed by atoms with Gasteiger partial charge in [0.15, 0.2) is 0 Å². The number of hydrogen-bond donors (Lipinski definition) is 2.